The van der Waals surface area contributed by atoms with E-state index in [1.54, 1.807) is 0 Å². The zero-order valence-electron chi connectivity index (χ0n) is 42.0. The molecule has 1 aromatic heterocycles. The van der Waals surface area contributed by atoms with E-state index in [1.165, 1.54) is 32.1 Å². The Bertz CT molecular complexity index is 2420. The lowest BCUT2D eigenvalue weighted by molar-refractivity contribution is -0.270. The van der Waals surface area contributed by atoms with Crippen LogP contribution in [0.4, 0.5) is 0 Å². The molecule has 13 atom stereocenters. The molecule has 3 aromatic rings. The third-order valence-electron chi connectivity index (χ3n) is 23.4. The standard InChI is InChI=1S/C59H79N3O5/c1-52(2)44-25-27-57(8)46(55(44,6)26-24-45(52)59(51(65)66)34-41(53(59,3)4)49(63)67-36-37-16-11-9-12-17-37)22-21-40-47-39(54(5)29-30-54)23-28-58(47,32-31-56(40,57)7)50(64)62-33-15-20-43(62)48-60-35-42(61-48)38-18-13-10-14-19-38/h9-14,16-19,35,39-41,43-47H,15,20-34,36H2,1-8H3,(H,60,61)(H,65,66)/t39-,40-,41?,43+,44-,45+,46-,47-,55-,56-,57-,58+,59?/m1/s1. The number of nitrogens with zero attached hydrogens (tertiary/aromatic N) is 2. The first-order valence-electron chi connectivity index (χ1n) is 26.6. The van der Waals surface area contributed by atoms with Crippen LogP contribution in [0.3, 0.4) is 0 Å². The SMILES string of the molecule is CC1([C@@H]2CC[C@]3(C(=O)N4CCC[C@H]4c4ncc(-c5ccccc5)[nH]4)CC[C@]4(C)[C@H](CC[C@@H]5[C@]6(C)CC[C@H](C7(C(=O)O)CC(C(=O)OCc8ccccc8)C7(C)C)C(C)(C)[C@H]6CC[C@]54C)[C@@H]23)CC1. The monoisotopic (exact) mass is 910 g/mol. The largest absolute Gasteiger partial charge is 0.481 e. The van der Waals surface area contributed by atoms with Gasteiger partial charge in [-0.3, -0.25) is 14.4 Å². The van der Waals surface area contributed by atoms with Gasteiger partial charge in [0.2, 0.25) is 5.91 Å². The second-order valence-corrected chi connectivity index (χ2v) is 26.1. The van der Waals surface area contributed by atoms with Gasteiger partial charge in [0.25, 0.3) is 0 Å². The number of esters is 1. The van der Waals surface area contributed by atoms with Crippen molar-refractivity contribution in [3.63, 3.8) is 0 Å². The van der Waals surface area contributed by atoms with E-state index in [4.69, 9.17) is 9.72 Å². The normalized spacial score (nSPS) is 42.0. The van der Waals surface area contributed by atoms with Gasteiger partial charge < -0.3 is 19.7 Å². The first-order valence-corrected chi connectivity index (χ1v) is 26.6. The van der Waals surface area contributed by atoms with Crippen LogP contribution in [-0.4, -0.2) is 44.4 Å². The summed E-state index contributed by atoms with van der Waals surface area (Å²) in [4.78, 5) is 54.3. The summed E-state index contributed by atoms with van der Waals surface area (Å²) < 4.78 is 5.89. The highest BCUT2D eigenvalue weighted by Crippen LogP contribution is 2.81. The average molecular weight is 910 g/mol. The number of H-pyrrole nitrogens is 1. The van der Waals surface area contributed by atoms with Gasteiger partial charge in [-0.2, -0.15) is 0 Å². The van der Waals surface area contributed by atoms with Crippen LogP contribution in [0.15, 0.2) is 66.9 Å². The molecule has 8 fully saturated rings. The average Bonchev–Trinajstić information content (AvgIpc) is 3.68. The van der Waals surface area contributed by atoms with Crippen molar-refractivity contribution in [1.82, 2.24) is 14.9 Å². The molecule has 7 saturated carbocycles. The predicted molar refractivity (Wildman–Crippen MR) is 261 cm³/mol. The molecule has 11 rings (SSSR count). The van der Waals surface area contributed by atoms with E-state index < -0.39 is 22.7 Å². The number of aromatic nitrogens is 2. The Morgan fingerprint density at radius 1 is 0.731 bits per heavy atom. The number of aliphatic carboxylic acids is 1. The van der Waals surface area contributed by atoms with E-state index in [-0.39, 0.29) is 51.6 Å². The number of hydrogen-bond donors (Lipinski definition) is 2. The predicted octanol–water partition coefficient (Wildman–Crippen LogP) is 13.1. The third-order valence-corrected chi connectivity index (χ3v) is 23.4. The van der Waals surface area contributed by atoms with Crippen molar-refractivity contribution in [3.8, 4) is 11.3 Å². The van der Waals surface area contributed by atoms with Crippen LogP contribution < -0.4 is 0 Å². The van der Waals surface area contributed by atoms with Gasteiger partial charge in [-0.15, -0.1) is 0 Å². The van der Waals surface area contributed by atoms with Crippen molar-refractivity contribution >= 4 is 17.8 Å². The van der Waals surface area contributed by atoms with Crippen molar-refractivity contribution in [3.05, 3.63) is 78.2 Å². The van der Waals surface area contributed by atoms with Crippen LogP contribution in [-0.2, 0) is 25.7 Å². The van der Waals surface area contributed by atoms with E-state index in [2.05, 4.69) is 75.7 Å². The van der Waals surface area contributed by atoms with Crippen molar-refractivity contribution in [2.45, 2.75) is 164 Å². The number of imidazole rings is 1. The van der Waals surface area contributed by atoms with Gasteiger partial charge in [0, 0.05) is 6.54 Å². The molecule has 360 valence electrons. The molecular formula is C59H79N3O5. The molecule has 8 heteroatoms. The molecule has 2 unspecified atom stereocenters. The first kappa shape index (κ1) is 45.5. The van der Waals surface area contributed by atoms with Crippen LogP contribution in [0.2, 0.25) is 0 Å². The molecule has 1 aliphatic heterocycles. The van der Waals surface area contributed by atoms with Gasteiger partial charge in [0.15, 0.2) is 0 Å². The van der Waals surface area contributed by atoms with Gasteiger partial charge >= 0.3 is 11.9 Å². The molecular weight excluding hydrogens is 831 g/mol. The van der Waals surface area contributed by atoms with Gasteiger partial charge in [-0.05, 0) is 175 Å². The summed E-state index contributed by atoms with van der Waals surface area (Å²) in [5, 5.41) is 11.4. The number of carbonyl (C=O) groups excluding carboxylic acids is 2. The number of benzene rings is 2. The quantitative estimate of drug-likeness (QED) is 0.207. The summed E-state index contributed by atoms with van der Waals surface area (Å²) in [6, 6.07) is 20.2. The Morgan fingerprint density at radius 2 is 1.43 bits per heavy atom. The fourth-order valence-corrected chi connectivity index (χ4v) is 19.4. The van der Waals surface area contributed by atoms with E-state index in [1.807, 2.05) is 56.4 Å². The molecule has 0 radical (unpaired) electrons. The smallest absolute Gasteiger partial charge is 0.310 e. The summed E-state index contributed by atoms with van der Waals surface area (Å²) >= 11 is 0. The Morgan fingerprint density at radius 3 is 2.12 bits per heavy atom. The molecule has 1 amide bonds. The van der Waals surface area contributed by atoms with Crippen molar-refractivity contribution in [1.29, 1.82) is 0 Å². The number of carboxylic acids is 1. The lowest BCUT2D eigenvalue weighted by Crippen LogP contribution is -2.71. The number of likely N-dealkylation sites (tertiary alicyclic amines) is 1. The Labute approximate surface area is 400 Å². The van der Waals surface area contributed by atoms with Crippen LogP contribution in [0.5, 0.6) is 0 Å². The Balaban J connectivity index is 0.862. The van der Waals surface area contributed by atoms with Crippen molar-refractivity contribution in [2.24, 2.45) is 84.7 Å². The minimum absolute atomic E-state index is 0.00375. The summed E-state index contributed by atoms with van der Waals surface area (Å²) in [7, 11) is 0. The zero-order chi connectivity index (χ0) is 47.2. The van der Waals surface area contributed by atoms with Gasteiger partial charge in [-0.1, -0.05) is 116 Å². The van der Waals surface area contributed by atoms with E-state index >= 15 is 4.79 Å². The lowest BCUT2D eigenvalue weighted by Gasteiger charge is -2.75. The number of ether oxygens (including phenoxy) is 1. The van der Waals surface area contributed by atoms with Crippen LogP contribution in [0, 0.1) is 84.7 Å². The number of aromatic amines is 1. The molecule has 8 nitrogen and oxygen atoms in total. The van der Waals surface area contributed by atoms with Crippen molar-refractivity contribution in [2.75, 3.05) is 6.54 Å². The molecule has 0 bridgehead atoms. The highest BCUT2D eigenvalue weighted by Gasteiger charge is 2.77. The first-order chi connectivity index (χ1) is 31.8. The summed E-state index contributed by atoms with van der Waals surface area (Å²) in [5.74, 6) is 2.32. The highest BCUT2D eigenvalue weighted by molar-refractivity contribution is 5.85. The van der Waals surface area contributed by atoms with Crippen molar-refractivity contribution < 1.29 is 24.2 Å². The molecule has 1 saturated heterocycles. The minimum atomic E-state index is -0.996. The lowest BCUT2D eigenvalue weighted by atomic mass is 9.29. The zero-order valence-corrected chi connectivity index (χ0v) is 42.0. The van der Waals surface area contributed by atoms with Gasteiger partial charge in [0.05, 0.1) is 34.7 Å². The fraction of sp³-hybridized carbons (Fsp3) is 0.695. The number of fused-ring (bicyclic) bond motifs is 7. The molecule has 0 spiro atoms. The van der Waals surface area contributed by atoms with Gasteiger partial charge in [0.1, 0.15) is 12.4 Å². The summed E-state index contributed by atoms with van der Waals surface area (Å²) in [5.41, 5.74) is 1.48. The maximum atomic E-state index is 15.8. The molecule has 2 N–H and O–H groups in total. The summed E-state index contributed by atoms with van der Waals surface area (Å²) in [6.07, 6.45) is 17.7. The number of amides is 1. The topological polar surface area (TPSA) is 113 Å². The van der Waals surface area contributed by atoms with E-state index in [9.17, 15) is 14.7 Å². The number of rotatable bonds is 9. The Hall–Kier alpha value is -3.94. The van der Waals surface area contributed by atoms with Gasteiger partial charge in [-0.25, -0.2) is 4.98 Å². The van der Waals surface area contributed by atoms with Crippen LogP contribution in [0.25, 0.3) is 11.3 Å². The number of hydrogen-bond acceptors (Lipinski definition) is 5. The molecule has 7 aliphatic carbocycles. The fourth-order valence-electron chi connectivity index (χ4n) is 19.4. The third kappa shape index (κ3) is 6.20. The van der Waals surface area contributed by atoms with E-state index in [0.29, 0.717) is 47.3 Å². The highest BCUT2D eigenvalue weighted by atomic mass is 16.5. The molecule has 8 aliphatic rings. The second kappa shape index (κ2) is 15.3. The minimum Gasteiger partial charge on any atom is -0.481 e. The number of carbonyl (C=O) groups is 3. The maximum absolute atomic E-state index is 15.8. The second-order valence-electron chi connectivity index (χ2n) is 26.1. The molecule has 2 heterocycles. The maximum Gasteiger partial charge on any atom is 0.310 e. The number of nitrogens with one attached hydrogen (secondary N) is 1. The van der Waals surface area contributed by atoms with Crippen LogP contribution in [0.1, 0.15) is 169 Å². The van der Waals surface area contributed by atoms with E-state index in [0.717, 1.165) is 87.0 Å². The summed E-state index contributed by atoms with van der Waals surface area (Å²) in [6.45, 7) is 20.5. The number of carboxylic acid groups (broad SMARTS) is 1. The Kier molecular flexibility index (Phi) is 10.4. The molecule has 67 heavy (non-hydrogen) atoms. The molecule has 2 aromatic carbocycles. The van der Waals surface area contributed by atoms with Crippen LogP contribution >= 0.6 is 0 Å².